The van der Waals surface area contributed by atoms with Crippen LogP contribution in [0.1, 0.15) is 39.0 Å². The van der Waals surface area contributed by atoms with Gasteiger partial charge in [0.15, 0.2) is 0 Å². The van der Waals surface area contributed by atoms with Gasteiger partial charge in [0.05, 0.1) is 5.92 Å². The maximum atomic E-state index is 11.8. The van der Waals surface area contributed by atoms with Crippen molar-refractivity contribution in [3.8, 4) is 12.3 Å². The van der Waals surface area contributed by atoms with Gasteiger partial charge in [-0.25, -0.2) is 0 Å². The summed E-state index contributed by atoms with van der Waals surface area (Å²) >= 11 is 0. The molecule has 1 saturated carbocycles. The van der Waals surface area contributed by atoms with Crippen molar-refractivity contribution >= 4 is 5.91 Å². The summed E-state index contributed by atoms with van der Waals surface area (Å²) < 4.78 is 0. The van der Waals surface area contributed by atoms with Crippen LogP contribution in [-0.2, 0) is 4.79 Å². The van der Waals surface area contributed by atoms with Crippen molar-refractivity contribution in [2.24, 2.45) is 11.7 Å². The number of terminal acetylenes is 1. The summed E-state index contributed by atoms with van der Waals surface area (Å²) in [5.74, 6) is 2.66. The molecule has 0 heterocycles. The van der Waals surface area contributed by atoms with Crippen molar-refractivity contribution in [2.75, 3.05) is 0 Å². The molecule has 0 aliphatic heterocycles. The highest BCUT2D eigenvalue weighted by molar-refractivity contribution is 5.80. The number of amides is 1. The third kappa shape index (κ3) is 3.24. The number of carbonyl (C=O) groups is 1. The Morgan fingerprint density at radius 1 is 1.67 bits per heavy atom. The van der Waals surface area contributed by atoms with Gasteiger partial charge in [-0.2, -0.15) is 0 Å². The molecule has 84 valence electrons. The van der Waals surface area contributed by atoms with Gasteiger partial charge in [0.2, 0.25) is 5.91 Å². The SMILES string of the molecule is C#CCC(CC)NC(=O)C1CCCC1N. The molecule has 3 heteroatoms. The van der Waals surface area contributed by atoms with Crippen LogP contribution in [0.3, 0.4) is 0 Å². The smallest absolute Gasteiger partial charge is 0.224 e. The van der Waals surface area contributed by atoms with Crippen LogP contribution < -0.4 is 11.1 Å². The van der Waals surface area contributed by atoms with Crippen LogP contribution in [0, 0.1) is 18.3 Å². The van der Waals surface area contributed by atoms with Crippen molar-refractivity contribution in [1.29, 1.82) is 0 Å². The number of rotatable bonds is 4. The molecule has 3 atom stereocenters. The van der Waals surface area contributed by atoms with Crippen molar-refractivity contribution in [3.05, 3.63) is 0 Å². The van der Waals surface area contributed by atoms with Gasteiger partial charge in [-0.1, -0.05) is 13.3 Å². The third-order valence-corrected chi connectivity index (χ3v) is 3.11. The number of carbonyl (C=O) groups excluding carboxylic acids is 1. The molecule has 1 fully saturated rings. The number of hydrogen-bond acceptors (Lipinski definition) is 2. The Balaban J connectivity index is 2.43. The van der Waals surface area contributed by atoms with Crippen LogP contribution in [-0.4, -0.2) is 18.0 Å². The summed E-state index contributed by atoms with van der Waals surface area (Å²) in [4.78, 5) is 11.8. The predicted molar refractivity (Wildman–Crippen MR) is 61.0 cm³/mol. The van der Waals surface area contributed by atoms with E-state index in [-0.39, 0.29) is 23.9 Å². The Labute approximate surface area is 91.8 Å². The van der Waals surface area contributed by atoms with Gasteiger partial charge in [0.1, 0.15) is 0 Å². The fourth-order valence-electron chi connectivity index (χ4n) is 2.06. The lowest BCUT2D eigenvalue weighted by Gasteiger charge is -2.19. The summed E-state index contributed by atoms with van der Waals surface area (Å²) in [5, 5.41) is 2.98. The van der Waals surface area contributed by atoms with E-state index in [0.717, 1.165) is 25.7 Å². The van der Waals surface area contributed by atoms with Crippen LogP contribution >= 0.6 is 0 Å². The first-order valence-corrected chi connectivity index (χ1v) is 5.68. The lowest BCUT2D eigenvalue weighted by molar-refractivity contribution is -0.125. The zero-order valence-electron chi connectivity index (χ0n) is 9.33. The first kappa shape index (κ1) is 12.1. The van der Waals surface area contributed by atoms with Crippen LogP contribution in [0.15, 0.2) is 0 Å². The van der Waals surface area contributed by atoms with E-state index in [1.807, 2.05) is 6.92 Å². The van der Waals surface area contributed by atoms with Gasteiger partial charge in [0.25, 0.3) is 0 Å². The van der Waals surface area contributed by atoms with Gasteiger partial charge in [-0.3, -0.25) is 4.79 Å². The second-order valence-corrected chi connectivity index (χ2v) is 4.22. The van der Waals surface area contributed by atoms with E-state index >= 15 is 0 Å². The topological polar surface area (TPSA) is 55.1 Å². The zero-order chi connectivity index (χ0) is 11.3. The van der Waals surface area contributed by atoms with E-state index in [4.69, 9.17) is 12.2 Å². The molecule has 0 aromatic carbocycles. The Kier molecular flexibility index (Phi) is 4.64. The molecule has 1 rings (SSSR count). The second kappa shape index (κ2) is 5.77. The van der Waals surface area contributed by atoms with Crippen molar-refractivity contribution in [2.45, 2.75) is 51.1 Å². The summed E-state index contributed by atoms with van der Waals surface area (Å²) in [6, 6.07) is 0.142. The molecular formula is C12H20N2O. The Morgan fingerprint density at radius 3 is 2.87 bits per heavy atom. The van der Waals surface area contributed by atoms with Crippen LogP contribution in [0.4, 0.5) is 0 Å². The molecule has 15 heavy (non-hydrogen) atoms. The maximum absolute atomic E-state index is 11.8. The molecule has 3 unspecified atom stereocenters. The molecule has 1 aliphatic rings. The van der Waals surface area contributed by atoms with Gasteiger partial charge in [-0.05, 0) is 19.3 Å². The fraction of sp³-hybridized carbons (Fsp3) is 0.750. The lowest BCUT2D eigenvalue weighted by atomic mass is 10.0. The van der Waals surface area contributed by atoms with E-state index in [1.54, 1.807) is 0 Å². The number of nitrogens with one attached hydrogen (secondary N) is 1. The van der Waals surface area contributed by atoms with E-state index < -0.39 is 0 Å². The molecule has 0 bridgehead atoms. The monoisotopic (exact) mass is 208 g/mol. The quantitative estimate of drug-likeness (QED) is 0.678. The molecule has 1 amide bonds. The average Bonchev–Trinajstić information content (AvgIpc) is 2.63. The largest absolute Gasteiger partial charge is 0.352 e. The zero-order valence-corrected chi connectivity index (χ0v) is 9.33. The lowest BCUT2D eigenvalue weighted by Crippen LogP contribution is -2.43. The highest BCUT2D eigenvalue weighted by Gasteiger charge is 2.30. The standard InChI is InChI=1S/C12H20N2O/c1-3-6-9(4-2)14-12(15)10-7-5-8-11(10)13/h1,9-11H,4-8,13H2,2H3,(H,14,15). The second-order valence-electron chi connectivity index (χ2n) is 4.22. The highest BCUT2D eigenvalue weighted by Crippen LogP contribution is 2.24. The minimum atomic E-state index is -0.00294. The number of nitrogens with two attached hydrogens (primary N) is 1. The van der Waals surface area contributed by atoms with E-state index in [2.05, 4.69) is 11.2 Å². The molecular weight excluding hydrogens is 188 g/mol. The normalized spacial score (nSPS) is 27.0. The highest BCUT2D eigenvalue weighted by atomic mass is 16.2. The minimum absolute atomic E-state index is 0.00294. The first-order valence-electron chi connectivity index (χ1n) is 5.68. The van der Waals surface area contributed by atoms with E-state index in [1.165, 1.54) is 0 Å². The molecule has 0 aromatic rings. The minimum Gasteiger partial charge on any atom is -0.352 e. The third-order valence-electron chi connectivity index (χ3n) is 3.11. The summed E-state index contributed by atoms with van der Waals surface area (Å²) in [7, 11) is 0. The van der Waals surface area contributed by atoms with Crippen molar-refractivity contribution in [3.63, 3.8) is 0 Å². The van der Waals surface area contributed by atoms with Crippen LogP contribution in [0.25, 0.3) is 0 Å². The average molecular weight is 208 g/mol. The van der Waals surface area contributed by atoms with Crippen molar-refractivity contribution in [1.82, 2.24) is 5.32 Å². The Morgan fingerprint density at radius 2 is 2.40 bits per heavy atom. The van der Waals surface area contributed by atoms with Crippen LogP contribution in [0.5, 0.6) is 0 Å². The Hall–Kier alpha value is -1.01. The molecule has 3 N–H and O–H groups in total. The number of hydrogen-bond donors (Lipinski definition) is 2. The predicted octanol–water partition coefficient (Wildman–Crippen LogP) is 1.03. The van der Waals surface area contributed by atoms with E-state index in [9.17, 15) is 4.79 Å². The van der Waals surface area contributed by atoms with E-state index in [0.29, 0.717) is 6.42 Å². The molecule has 0 spiro atoms. The van der Waals surface area contributed by atoms with Crippen molar-refractivity contribution < 1.29 is 4.79 Å². The summed E-state index contributed by atoms with van der Waals surface area (Å²) in [6.07, 6.45) is 9.65. The van der Waals surface area contributed by atoms with Crippen LogP contribution in [0.2, 0.25) is 0 Å². The molecule has 0 radical (unpaired) electrons. The Bertz CT molecular complexity index is 257. The van der Waals surface area contributed by atoms with Gasteiger partial charge >= 0.3 is 0 Å². The molecule has 0 saturated heterocycles. The fourth-order valence-corrected chi connectivity index (χ4v) is 2.06. The molecule has 1 aliphatic carbocycles. The maximum Gasteiger partial charge on any atom is 0.224 e. The van der Waals surface area contributed by atoms with Gasteiger partial charge in [0, 0.05) is 18.5 Å². The first-order chi connectivity index (χ1) is 7.19. The summed E-state index contributed by atoms with van der Waals surface area (Å²) in [6.45, 7) is 2.02. The van der Waals surface area contributed by atoms with Gasteiger partial charge in [-0.15, -0.1) is 12.3 Å². The molecule has 0 aromatic heterocycles. The van der Waals surface area contributed by atoms with Gasteiger partial charge < -0.3 is 11.1 Å². The molecule has 3 nitrogen and oxygen atoms in total. The summed E-state index contributed by atoms with van der Waals surface area (Å²) in [5.41, 5.74) is 5.87.